The lowest BCUT2D eigenvalue weighted by atomic mass is 9.91. The molecule has 2 aromatic rings. The Morgan fingerprint density at radius 2 is 2.03 bits per heavy atom. The van der Waals surface area contributed by atoms with Crippen LogP contribution in [-0.2, 0) is 12.1 Å². The summed E-state index contributed by atoms with van der Waals surface area (Å²) < 4.78 is 33.9. The second kappa shape index (κ2) is 7.86. The zero-order valence-corrected chi connectivity index (χ0v) is 17.3. The molecule has 0 spiro atoms. The number of nitrogens with zero attached hydrogens (tertiary/aromatic N) is 3. The van der Waals surface area contributed by atoms with Crippen LogP contribution in [0.15, 0.2) is 22.9 Å². The highest BCUT2D eigenvalue weighted by Gasteiger charge is 2.31. The molecule has 0 bridgehead atoms. The van der Waals surface area contributed by atoms with Crippen LogP contribution in [0.25, 0.3) is 5.82 Å². The number of imidazole rings is 1. The number of rotatable bonds is 5. The third-order valence-electron chi connectivity index (χ3n) is 5.35. The maximum Gasteiger partial charge on any atom is 0.301 e. The predicted octanol–water partition coefficient (Wildman–Crippen LogP) is 3.18. The predicted molar refractivity (Wildman–Crippen MR) is 106 cm³/mol. The summed E-state index contributed by atoms with van der Waals surface area (Å²) >= 11 is 0. The number of carbonyl (C=O) groups excluding carboxylic acids is 1. The van der Waals surface area contributed by atoms with Crippen LogP contribution >= 0.6 is 9.24 Å². The molecule has 29 heavy (non-hydrogen) atoms. The number of hydrogen-bond acceptors (Lipinski definition) is 5. The fourth-order valence-corrected chi connectivity index (χ4v) is 3.99. The molecule has 1 aliphatic carbocycles. The highest BCUT2D eigenvalue weighted by atomic mass is 31.0. The maximum absolute atomic E-state index is 13.6. The summed E-state index contributed by atoms with van der Waals surface area (Å²) in [5, 5.41) is 10.2. The number of aryl methyl sites for hydroxylation is 2. The molecule has 0 aromatic carbocycles. The Morgan fingerprint density at radius 3 is 2.69 bits per heavy atom. The third-order valence-corrected chi connectivity index (χ3v) is 5.65. The largest absolute Gasteiger partial charge is 0.369 e. The normalized spacial score (nSPS) is 22.0. The number of alkyl halides is 2. The van der Waals surface area contributed by atoms with Crippen LogP contribution in [0.2, 0.25) is 0 Å². The molecule has 1 aliphatic heterocycles. The number of carbonyl (C=O) groups is 1. The molecule has 2 aliphatic rings. The van der Waals surface area contributed by atoms with Crippen LogP contribution in [0.4, 0.5) is 8.78 Å². The maximum atomic E-state index is 13.6. The molecule has 7 nitrogen and oxygen atoms in total. The number of fused-ring (bicyclic) bond motifs is 1. The Labute approximate surface area is 169 Å². The lowest BCUT2D eigenvalue weighted by Crippen LogP contribution is -2.42. The van der Waals surface area contributed by atoms with Gasteiger partial charge in [0.25, 0.3) is 5.91 Å². The first-order chi connectivity index (χ1) is 13.8. The highest BCUT2D eigenvalue weighted by Crippen LogP contribution is 2.35. The Balaban J connectivity index is 1.33. The van der Waals surface area contributed by atoms with Crippen molar-refractivity contribution in [2.75, 3.05) is 0 Å². The summed E-state index contributed by atoms with van der Waals surface area (Å²) in [5.74, 6) is 1.44. The van der Waals surface area contributed by atoms with Crippen molar-refractivity contribution in [3.63, 3.8) is 0 Å². The third kappa shape index (κ3) is 4.50. The van der Waals surface area contributed by atoms with Gasteiger partial charge >= 0.3 is 5.66 Å². The van der Waals surface area contributed by atoms with Crippen LogP contribution < -0.4 is 10.6 Å². The van der Waals surface area contributed by atoms with E-state index in [4.69, 9.17) is 4.52 Å². The number of amides is 1. The summed E-state index contributed by atoms with van der Waals surface area (Å²) in [5.41, 5.74) is -2.60. The first-order valence-electron chi connectivity index (χ1n) is 9.76. The second-order valence-electron chi connectivity index (χ2n) is 7.66. The van der Waals surface area contributed by atoms with Gasteiger partial charge in [-0.25, -0.2) is 4.98 Å². The molecular formula is C19H24F2N5O2P. The van der Waals surface area contributed by atoms with Crippen molar-refractivity contribution in [3.05, 3.63) is 41.3 Å². The van der Waals surface area contributed by atoms with Gasteiger partial charge in [-0.05, 0) is 45.1 Å². The molecule has 0 saturated heterocycles. The number of halogens is 2. The van der Waals surface area contributed by atoms with E-state index in [0.717, 1.165) is 37.9 Å². The summed E-state index contributed by atoms with van der Waals surface area (Å²) in [6.07, 6.45) is 8.24. The smallest absolute Gasteiger partial charge is 0.301 e. The Morgan fingerprint density at radius 1 is 1.31 bits per heavy atom. The molecule has 1 unspecified atom stereocenters. The molecule has 156 valence electrons. The minimum Gasteiger partial charge on any atom is -0.369 e. The summed E-state index contributed by atoms with van der Waals surface area (Å²) in [6.45, 7) is 1.77. The van der Waals surface area contributed by atoms with Crippen LogP contribution in [0, 0.1) is 6.92 Å². The van der Waals surface area contributed by atoms with Crippen molar-refractivity contribution in [1.29, 1.82) is 0 Å². The minimum absolute atomic E-state index is 0.0810. The minimum atomic E-state index is -3.03. The molecule has 1 atom stereocenters. The van der Waals surface area contributed by atoms with E-state index < -0.39 is 5.66 Å². The standard InChI is InChI=1S/C19H24F2N5O2P/c1-11-9-14(28-25-11)18(27)23-13-7-5-12(6-8-13)22-16-3-2-4-17-24-15(10-26(16)17)19(20,21)29/h3,9-10,12-13,22H,2,4-8,29H2,1H3,(H,23,27). The van der Waals surface area contributed by atoms with E-state index in [0.29, 0.717) is 17.9 Å². The van der Waals surface area contributed by atoms with E-state index in [2.05, 4.69) is 20.8 Å². The molecule has 2 aromatic heterocycles. The zero-order chi connectivity index (χ0) is 20.6. The topological polar surface area (TPSA) is 85.0 Å². The van der Waals surface area contributed by atoms with Crippen LogP contribution in [0.5, 0.6) is 0 Å². The number of nitrogens with one attached hydrogen (secondary N) is 2. The second-order valence-corrected chi connectivity index (χ2v) is 8.39. The van der Waals surface area contributed by atoms with E-state index in [1.807, 2.05) is 6.08 Å². The Kier molecular flexibility index (Phi) is 5.42. The fourth-order valence-electron chi connectivity index (χ4n) is 3.85. The van der Waals surface area contributed by atoms with Crippen LogP contribution in [-0.4, -0.2) is 32.7 Å². The summed E-state index contributed by atoms with van der Waals surface area (Å²) in [4.78, 5) is 16.3. The molecule has 2 N–H and O–H groups in total. The number of allylic oxidation sites excluding steroid dienone is 1. The molecular weight excluding hydrogens is 399 g/mol. The van der Waals surface area contributed by atoms with E-state index in [1.54, 1.807) is 26.8 Å². The van der Waals surface area contributed by atoms with E-state index in [9.17, 15) is 13.6 Å². The molecule has 1 fully saturated rings. The zero-order valence-electron chi connectivity index (χ0n) is 16.1. The lowest BCUT2D eigenvalue weighted by molar-refractivity contribution is 0.0887. The first-order valence-corrected chi connectivity index (χ1v) is 10.3. The van der Waals surface area contributed by atoms with Gasteiger partial charge in [0.05, 0.1) is 5.69 Å². The first kappa shape index (κ1) is 20.0. The molecule has 3 heterocycles. The molecule has 1 saturated carbocycles. The molecule has 10 heteroatoms. The van der Waals surface area contributed by atoms with E-state index in [1.165, 1.54) is 6.20 Å². The van der Waals surface area contributed by atoms with Crippen LogP contribution in [0.3, 0.4) is 0 Å². The lowest BCUT2D eigenvalue weighted by Gasteiger charge is -2.31. The van der Waals surface area contributed by atoms with Gasteiger partial charge in [0.2, 0.25) is 5.76 Å². The van der Waals surface area contributed by atoms with Gasteiger partial charge < -0.3 is 15.2 Å². The van der Waals surface area contributed by atoms with Gasteiger partial charge in [0.15, 0.2) is 0 Å². The summed E-state index contributed by atoms with van der Waals surface area (Å²) in [6, 6.07) is 1.92. The van der Waals surface area contributed by atoms with Gasteiger partial charge in [-0.1, -0.05) is 14.4 Å². The number of hydrogen-bond donors (Lipinski definition) is 2. The van der Waals surface area contributed by atoms with Gasteiger partial charge in [-0.3, -0.25) is 9.36 Å². The van der Waals surface area contributed by atoms with Gasteiger partial charge in [0.1, 0.15) is 17.3 Å². The summed E-state index contributed by atoms with van der Waals surface area (Å²) in [7, 11) is 1.54. The Bertz CT molecular complexity index is 925. The molecule has 1 amide bonds. The SMILES string of the molecule is Cc1cc(C(=O)NC2CCC(NC3=CCCc4nc(C(F)(F)P)cn43)CC2)on1. The average Bonchev–Trinajstić information content (AvgIpc) is 3.30. The molecule has 4 rings (SSSR count). The van der Waals surface area contributed by atoms with Crippen molar-refractivity contribution in [3.8, 4) is 0 Å². The van der Waals surface area contributed by atoms with Crippen LogP contribution in [0.1, 0.15) is 59.9 Å². The molecule has 0 radical (unpaired) electrons. The Hall–Kier alpha value is -2.28. The van der Waals surface area contributed by atoms with Crippen molar-refractivity contribution < 1.29 is 18.1 Å². The number of aromatic nitrogens is 3. The van der Waals surface area contributed by atoms with E-state index >= 15 is 0 Å². The fraction of sp³-hybridized carbons (Fsp3) is 0.526. The highest BCUT2D eigenvalue weighted by molar-refractivity contribution is 7.17. The van der Waals surface area contributed by atoms with Crippen molar-refractivity contribution in [2.45, 2.75) is 63.2 Å². The average molecular weight is 423 g/mol. The van der Waals surface area contributed by atoms with E-state index in [-0.39, 0.29) is 29.4 Å². The van der Waals surface area contributed by atoms with Crippen molar-refractivity contribution >= 4 is 21.0 Å². The quantitative estimate of drug-likeness (QED) is 0.722. The van der Waals surface area contributed by atoms with Crippen molar-refractivity contribution in [2.24, 2.45) is 0 Å². The monoisotopic (exact) mass is 423 g/mol. The van der Waals surface area contributed by atoms with Crippen molar-refractivity contribution in [1.82, 2.24) is 25.3 Å². The van der Waals surface area contributed by atoms with Gasteiger partial charge in [-0.2, -0.15) is 8.78 Å². The van der Waals surface area contributed by atoms with Gasteiger partial charge in [0, 0.05) is 30.8 Å². The van der Waals surface area contributed by atoms with Gasteiger partial charge in [-0.15, -0.1) is 0 Å².